The number of rotatable bonds is 4. The van der Waals surface area contributed by atoms with E-state index in [9.17, 15) is 13.5 Å². The molecule has 1 N–H and O–H groups in total. The molecule has 0 amide bonds. The Balaban J connectivity index is 2.10. The highest BCUT2D eigenvalue weighted by Crippen LogP contribution is 2.21. The Hall–Kier alpha value is -0.910. The van der Waals surface area contributed by atoms with Gasteiger partial charge in [-0.25, -0.2) is 8.42 Å². The van der Waals surface area contributed by atoms with Gasteiger partial charge in [-0.05, 0) is 45.5 Å². The van der Waals surface area contributed by atoms with E-state index in [0.717, 1.165) is 24.9 Å². The van der Waals surface area contributed by atoms with Crippen LogP contribution in [0.3, 0.4) is 0 Å². The van der Waals surface area contributed by atoms with Gasteiger partial charge in [-0.3, -0.25) is 0 Å². The minimum atomic E-state index is -3.41. The summed E-state index contributed by atoms with van der Waals surface area (Å²) in [5.41, 5.74) is 1.02. The number of nitrogens with zero attached hydrogens (tertiary/aromatic N) is 1. The molecule has 5 heteroatoms. The quantitative estimate of drug-likeness (QED) is 0.903. The zero-order chi connectivity index (χ0) is 14.0. The van der Waals surface area contributed by atoms with Gasteiger partial charge in [0.1, 0.15) is 0 Å². The molecule has 1 aromatic rings. The Bertz CT molecular complexity index is 524. The molecular formula is C14H21NO3S. The van der Waals surface area contributed by atoms with Gasteiger partial charge in [-0.1, -0.05) is 17.7 Å². The highest BCUT2D eigenvalue weighted by atomic mass is 32.2. The first-order chi connectivity index (χ1) is 8.90. The normalized spacial score (nSPS) is 22.6. The summed E-state index contributed by atoms with van der Waals surface area (Å²) in [6, 6.07) is 6.73. The number of likely N-dealkylation sites (tertiary alicyclic amines) is 1. The number of aliphatic hydroxyl groups is 1. The molecule has 106 valence electrons. The summed E-state index contributed by atoms with van der Waals surface area (Å²) in [5.74, 6) is -0.203. The summed E-state index contributed by atoms with van der Waals surface area (Å²) in [5, 5.41) is 10.2. The van der Waals surface area contributed by atoms with Crippen LogP contribution in [0.25, 0.3) is 0 Å². The highest BCUT2D eigenvalue weighted by molar-refractivity contribution is 7.91. The van der Waals surface area contributed by atoms with Crippen molar-refractivity contribution in [3.63, 3.8) is 0 Å². The fourth-order valence-electron chi connectivity index (χ4n) is 2.60. The summed E-state index contributed by atoms with van der Waals surface area (Å²) < 4.78 is 24.5. The SMILES string of the molecule is Cc1ccc(S(=O)(=O)C[C@H](O)[C@H]2CCCN2C)cc1. The molecule has 0 radical (unpaired) electrons. The molecule has 1 heterocycles. The first-order valence-corrected chi connectivity index (χ1v) is 8.23. The van der Waals surface area contributed by atoms with Gasteiger partial charge in [0.15, 0.2) is 9.84 Å². The van der Waals surface area contributed by atoms with E-state index in [2.05, 4.69) is 0 Å². The second-order valence-electron chi connectivity index (χ2n) is 5.35. The lowest BCUT2D eigenvalue weighted by Crippen LogP contribution is -2.40. The smallest absolute Gasteiger partial charge is 0.180 e. The third-order valence-electron chi connectivity index (χ3n) is 3.79. The van der Waals surface area contributed by atoms with Crippen molar-refractivity contribution in [3.8, 4) is 0 Å². The van der Waals surface area contributed by atoms with E-state index in [0.29, 0.717) is 0 Å². The van der Waals surface area contributed by atoms with Crippen molar-refractivity contribution in [2.45, 2.75) is 36.8 Å². The van der Waals surface area contributed by atoms with Gasteiger partial charge in [0.25, 0.3) is 0 Å². The van der Waals surface area contributed by atoms with Crippen LogP contribution in [0.5, 0.6) is 0 Å². The predicted octanol–water partition coefficient (Wildman–Crippen LogP) is 1.22. The largest absolute Gasteiger partial charge is 0.390 e. The van der Waals surface area contributed by atoms with Crippen LogP contribution < -0.4 is 0 Å². The molecule has 1 aromatic carbocycles. The Labute approximate surface area is 115 Å². The number of benzene rings is 1. The minimum Gasteiger partial charge on any atom is -0.390 e. The molecule has 0 aliphatic carbocycles. The second kappa shape index (κ2) is 5.61. The van der Waals surface area contributed by atoms with E-state index in [1.54, 1.807) is 24.3 Å². The van der Waals surface area contributed by atoms with Crippen molar-refractivity contribution in [1.29, 1.82) is 0 Å². The molecule has 1 aliphatic rings. The van der Waals surface area contributed by atoms with E-state index < -0.39 is 15.9 Å². The molecule has 0 bridgehead atoms. The maximum atomic E-state index is 12.2. The second-order valence-corrected chi connectivity index (χ2v) is 7.39. The fraction of sp³-hybridized carbons (Fsp3) is 0.571. The van der Waals surface area contributed by atoms with Gasteiger partial charge in [-0.2, -0.15) is 0 Å². The van der Waals surface area contributed by atoms with Crippen LogP contribution in [0.1, 0.15) is 18.4 Å². The van der Waals surface area contributed by atoms with E-state index in [4.69, 9.17) is 0 Å². The van der Waals surface area contributed by atoms with Crippen molar-refractivity contribution in [2.24, 2.45) is 0 Å². The summed E-state index contributed by atoms with van der Waals surface area (Å²) >= 11 is 0. The van der Waals surface area contributed by atoms with Crippen molar-refractivity contribution in [1.82, 2.24) is 4.90 Å². The van der Waals surface area contributed by atoms with Gasteiger partial charge < -0.3 is 10.0 Å². The average molecular weight is 283 g/mol. The third kappa shape index (κ3) is 3.35. The molecule has 19 heavy (non-hydrogen) atoms. The number of hydrogen-bond acceptors (Lipinski definition) is 4. The van der Waals surface area contributed by atoms with Crippen LogP contribution in [0.2, 0.25) is 0 Å². The molecule has 4 nitrogen and oxygen atoms in total. The molecular weight excluding hydrogens is 262 g/mol. The number of aliphatic hydroxyl groups excluding tert-OH is 1. The van der Waals surface area contributed by atoms with E-state index in [1.807, 2.05) is 18.9 Å². The Morgan fingerprint density at radius 2 is 2.00 bits per heavy atom. The van der Waals surface area contributed by atoms with Gasteiger partial charge >= 0.3 is 0 Å². The standard InChI is InChI=1S/C14H21NO3S/c1-11-5-7-12(8-6-11)19(17,18)10-14(16)13-4-3-9-15(13)2/h5-8,13-14,16H,3-4,9-10H2,1-2H3/t13-,14+/m1/s1. The van der Waals surface area contributed by atoms with E-state index in [-0.39, 0.29) is 16.7 Å². The Morgan fingerprint density at radius 3 is 2.53 bits per heavy atom. The number of hydrogen-bond donors (Lipinski definition) is 1. The van der Waals surface area contributed by atoms with Crippen LogP contribution >= 0.6 is 0 Å². The van der Waals surface area contributed by atoms with Crippen LogP contribution in [0.4, 0.5) is 0 Å². The lowest BCUT2D eigenvalue weighted by Gasteiger charge is -2.24. The average Bonchev–Trinajstić information content (AvgIpc) is 2.75. The van der Waals surface area contributed by atoms with Gasteiger partial charge in [0.2, 0.25) is 0 Å². The van der Waals surface area contributed by atoms with Crippen LogP contribution in [-0.2, 0) is 9.84 Å². The molecule has 0 aromatic heterocycles. The van der Waals surface area contributed by atoms with Crippen molar-refractivity contribution in [2.75, 3.05) is 19.3 Å². The topological polar surface area (TPSA) is 57.6 Å². The van der Waals surface area contributed by atoms with E-state index in [1.165, 1.54) is 0 Å². The molecule has 1 saturated heterocycles. The molecule has 2 rings (SSSR count). The molecule has 0 saturated carbocycles. The summed E-state index contributed by atoms with van der Waals surface area (Å²) in [6.45, 7) is 2.84. The fourth-order valence-corrected chi connectivity index (χ4v) is 4.01. The maximum Gasteiger partial charge on any atom is 0.180 e. The Kier molecular flexibility index (Phi) is 4.28. The predicted molar refractivity (Wildman–Crippen MR) is 74.9 cm³/mol. The van der Waals surface area contributed by atoms with Gasteiger partial charge in [-0.15, -0.1) is 0 Å². The Morgan fingerprint density at radius 1 is 1.37 bits per heavy atom. The summed E-state index contributed by atoms with van der Waals surface area (Å²) in [6.07, 6.45) is 1.06. The first kappa shape index (κ1) is 14.5. The first-order valence-electron chi connectivity index (χ1n) is 6.58. The van der Waals surface area contributed by atoms with Crippen molar-refractivity contribution >= 4 is 9.84 Å². The van der Waals surface area contributed by atoms with Crippen molar-refractivity contribution < 1.29 is 13.5 Å². The van der Waals surface area contributed by atoms with Crippen molar-refractivity contribution in [3.05, 3.63) is 29.8 Å². The molecule has 1 aliphatic heterocycles. The van der Waals surface area contributed by atoms with Crippen LogP contribution in [-0.4, -0.2) is 49.9 Å². The minimum absolute atomic E-state index is 0.0415. The lowest BCUT2D eigenvalue weighted by atomic mass is 10.1. The molecule has 2 atom stereocenters. The number of sulfone groups is 1. The van der Waals surface area contributed by atoms with Crippen LogP contribution in [0.15, 0.2) is 29.2 Å². The third-order valence-corrected chi connectivity index (χ3v) is 5.56. The molecule has 0 unspecified atom stereocenters. The molecule has 0 spiro atoms. The van der Waals surface area contributed by atoms with Gasteiger partial charge in [0, 0.05) is 6.04 Å². The zero-order valence-corrected chi connectivity index (χ0v) is 12.2. The monoisotopic (exact) mass is 283 g/mol. The lowest BCUT2D eigenvalue weighted by molar-refractivity contribution is 0.103. The van der Waals surface area contributed by atoms with E-state index >= 15 is 0 Å². The highest BCUT2D eigenvalue weighted by Gasteiger charge is 2.31. The zero-order valence-electron chi connectivity index (χ0n) is 11.4. The van der Waals surface area contributed by atoms with Gasteiger partial charge in [0.05, 0.1) is 16.8 Å². The van der Waals surface area contributed by atoms with Crippen LogP contribution in [0, 0.1) is 6.92 Å². The summed E-state index contributed by atoms with van der Waals surface area (Å²) in [7, 11) is -1.48. The maximum absolute atomic E-state index is 12.2. The number of aryl methyl sites for hydroxylation is 1. The summed E-state index contributed by atoms with van der Waals surface area (Å²) in [4.78, 5) is 2.33. The molecule has 1 fully saturated rings. The number of likely N-dealkylation sites (N-methyl/N-ethyl adjacent to an activating group) is 1.